The fraction of sp³-hybridized carbons (Fsp3) is 0.294. The van der Waals surface area contributed by atoms with Gasteiger partial charge >= 0.3 is 5.97 Å². The van der Waals surface area contributed by atoms with Gasteiger partial charge in [0.1, 0.15) is 16.6 Å². The van der Waals surface area contributed by atoms with E-state index in [1.807, 2.05) is 0 Å². The summed E-state index contributed by atoms with van der Waals surface area (Å²) in [6.07, 6.45) is 1.38. The molecular formula is C17H14ClN3O3S. The van der Waals surface area contributed by atoms with Crippen molar-refractivity contribution in [2.45, 2.75) is 19.3 Å². The van der Waals surface area contributed by atoms with Gasteiger partial charge in [-0.2, -0.15) is 5.26 Å². The van der Waals surface area contributed by atoms with Crippen LogP contribution in [0.5, 0.6) is 0 Å². The van der Waals surface area contributed by atoms with Gasteiger partial charge in [-0.15, -0.1) is 0 Å². The first-order valence-electron chi connectivity index (χ1n) is 7.68. The smallest absolute Gasteiger partial charge is 0.306 e. The molecule has 0 spiro atoms. The number of benzene rings is 1. The van der Waals surface area contributed by atoms with Crippen molar-refractivity contribution < 1.29 is 14.7 Å². The van der Waals surface area contributed by atoms with Crippen LogP contribution < -0.4 is 5.32 Å². The maximum atomic E-state index is 12.3. The van der Waals surface area contributed by atoms with E-state index in [-0.39, 0.29) is 11.8 Å². The van der Waals surface area contributed by atoms with Crippen molar-refractivity contribution in [3.63, 3.8) is 0 Å². The Kier molecular flexibility index (Phi) is 5.02. The Bertz CT molecular complexity index is 874. The molecule has 1 aliphatic carbocycles. The minimum atomic E-state index is -0.862. The molecule has 2 aromatic rings. The van der Waals surface area contributed by atoms with E-state index in [9.17, 15) is 14.9 Å². The summed E-state index contributed by atoms with van der Waals surface area (Å²) in [6.45, 7) is 0. The summed E-state index contributed by atoms with van der Waals surface area (Å²) in [6, 6.07) is 9.07. The van der Waals surface area contributed by atoms with Crippen LogP contribution in [-0.4, -0.2) is 22.0 Å². The Hall–Kier alpha value is -2.43. The summed E-state index contributed by atoms with van der Waals surface area (Å²) < 4.78 is 0. The van der Waals surface area contributed by atoms with Gasteiger partial charge < -0.3 is 10.4 Å². The highest BCUT2D eigenvalue weighted by atomic mass is 35.5. The molecule has 2 N–H and O–H groups in total. The minimum Gasteiger partial charge on any atom is -0.481 e. The monoisotopic (exact) mass is 375 g/mol. The average Bonchev–Trinajstić information content (AvgIpc) is 3.21. The Labute approximate surface area is 153 Å². The summed E-state index contributed by atoms with van der Waals surface area (Å²) in [5.41, 5.74) is 1.17. The number of carbonyl (C=O) groups excluding carboxylic acids is 1. The number of rotatable bonds is 4. The van der Waals surface area contributed by atoms with Crippen LogP contribution in [0, 0.1) is 23.2 Å². The van der Waals surface area contributed by atoms with E-state index in [0.717, 1.165) is 11.3 Å². The number of halogens is 1. The van der Waals surface area contributed by atoms with E-state index in [2.05, 4.69) is 16.4 Å². The largest absolute Gasteiger partial charge is 0.481 e. The summed E-state index contributed by atoms with van der Waals surface area (Å²) in [5, 5.41) is 21.9. The molecule has 1 fully saturated rings. The zero-order valence-electron chi connectivity index (χ0n) is 13.0. The zero-order valence-corrected chi connectivity index (χ0v) is 14.6. The number of carboxylic acids is 1. The molecule has 1 aromatic carbocycles. The molecule has 25 heavy (non-hydrogen) atoms. The lowest BCUT2D eigenvalue weighted by molar-refractivity contribution is -0.141. The molecule has 1 amide bonds. The maximum absolute atomic E-state index is 12.3. The highest BCUT2D eigenvalue weighted by molar-refractivity contribution is 7.16. The first-order valence-corrected chi connectivity index (χ1v) is 8.88. The predicted octanol–water partition coefficient (Wildman–Crippen LogP) is 3.77. The molecule has 0 saturated heterocycles. The van der Waals surface area contributed by atoms with Gasteiger partial charge in [0.15, 0.2) is 5.13 Å². The van der Waals surface area contributed by atoms with Gasteiger partial charge in [-0.25, -0.2) is 4.98 Å². The second-order valence-electron chi connectivity index (χ2n) is 5.85. The topological polar surface area (TPSA) is 103 Å². The van der Waals surface area contributed by atoms with E-state index in [0.29, 0.717) is 45.6 Å². The molecule has 1 aromatic heterocycles. The first kappa shape index (κ1) is 17.4. The van der Waals surface area contributed by atoms with Gasteiger partial charge in [0.2, 0.25) is 5.91 Å². The summed E-state index contributed by atoms with van der Waals surface area (Å²) in [5.74, 6) is -1.92. The molecule has 128 valence electrons. The Morgan fingerprint density at radius 1 is 1.36 bits per heavy atom. The van der Waals surface area contributed by atoms with Crippen LogP contribution in [0.15, 0.2) is 24.3 Å². The molecular weight excluding hydrogens is 362 g/mol. The molecule has 2 atom stereocenters. The number of nitrogens with zero attached hydrogens (tertiary/aromatic N) is 2. The Morgan fingerprint density at radius 3 is 2.76 bits per heavy atom. The van der Waals surface area contributed by atoms with Crippen LogP contribution in [0.1, 0.15) is 24.1 Å². The third-order valence-corrected chi connectivity index (χ3v) is 5.32. The average molecular weight is 376 g/mol. The molecule has 1 saturated carbocycles. The van der Waals surface area contributed by atoms with Crippen LogP contribution in [-0.2, 0) is 9.59 Å². The number of thiazole rings is 1. The van der Waals surface area contributed by atoms with Crippen molar-refractivity contribution >= 4 is 39.9 Å². The van der Waals surface area contributed by atoms with Crippen molar-refractivity contribution in [2.75, 3.05) is 5.32 Å². The number of hydrogen-bond donors (Lipinski definition) is 2. The normalized spacial score (nSPS) is 19.4. The van der Waals surface area contributed by atoms with E-state index in [1.165, 1.54) is 0 Å². The van der Waals surface area contributed by atoms with Gasteiger partial charge in [-0.05, 0) is 31.4 Å². The highest BCUT2D eigenvalue weighted by Gasteiger charge is 2.34. The van der Waals surface area contributed by atoms with E-state index in [1.54, 1.807) is 24.3 Å². The van der Waals surface area contributed by atoms with Crippen molar-refractivity contribution in [3.8, 4) is 17.3 Å². The number of hydrogen-bond acceptors (Lipinski definition) is 5. The summed E-state index contributed by atoms with van der Waals surface area (Å²) in [7, 11) is 0. The van der Waals surface area contributed by atoms with Crippen LogP contribution >= 0.6 is 22.9 Å². The lowest BCUT2D eigenvalue weighted by atomic mass is 10.0. The number of anilines is 1. The van der Waals surface area contributed by atoms with Gasteiger partial charge in [-0.1, -0.05) is 35.1 Å². The van der Waals surface area contributed by atoms with Crippen LogP contribution in [0.25, 0.3) is 11.3 Å². The molecule has 8 heteroatoms. The molecule has 1 heterocycles. The maximum Gasteiger partial charge on any atom is 0.306 e. The number of carboxylic acid groups (broad SMARTS) is 1. The molecule has 3 rings (SSSR count). The Balaban J connectivity index is 1.77. The third-order valence-electron chi connectivity index (χ3n) is 4.21. The quantitative estimate of drug-likeness (QED) is 0.846. The molecule has 0 aliphatic heterocycles. The number of aliphatic carboxylic acids is 1. The molecule has 1 aliphatic rings. The summed E-state index contributed by atoms with van der Waals surface area (Å²) in [4.78, 5) is 28.1. The number of nitriles is 1. The molecule has 0 unspecified atom stereocenters. The van der Waals surface area contributed by atoms with Crippen molar-refractivity contribution in [1.82, 2.24) is 4.98 Å². The first-order chi connectivity index (χ1) is 12.0. The Morgan fingerprint density at radius 2 is 2.12 bits per heavy atom. The van der Waals surface area contributed by atoms with E-state index in [4.69, 9.17) is 16.7 Å². The fourth-order valence-electron chi connectivity index (χ4n) is 2.93. The lowest BCUT2D eigenvalue weighted by Gasteiger charge is -2.08. The SMILES string of the molecule is N#Cc1sc(NC(=O)[C@H]2CC[C@H](C(=O)O)C2)nc1-c1cccc(Cl)c1. The van der Waals surface area contributed by atoms with Crippen molar-refractivity contribution in [1.29, 1.82) is 5.26 Å². The van der Waals surface area contributed by atoms with Gasteiger partial charge in [-0.3, -0.25) is 9.59 Å². The number of nitrogens with one attached hydrogen (secondary N) is 1. The number of amides is 1. The zero-order chi connectivity index (χ0) is 18.0. The van der Waals surface area contributed by atoms with Crippen molar-refractivity contribution in [3.05, 3.63) is 34.2 Å². The third kappa shape index (κ3) is 3.81. The lowest BCUT2D eigenvalue weighted by Crippen LogP contribution is -2.21. The summed E-state index contributed by atoms with van der Waals surface area (Å²) >= 11 is 7.07. The minimum absolute atomic E-state index is 0.250. The molecule has 0 bridgehead atoms. The number of aromatic nitrogens is 1. The van der Waals surface area contributed by atoms with Gasteiger partial charge in [0.05, 0.1) is 5.92 Å². The molecule has 6 nitrogen and oxygen atoms in total. The van der Waals surface area contributed by atoms with Crippen LogP contribution in [0.2, 0.25) is 5.02 Å². The van der Waals surface area contributed by atoms with E-state index >= 15 is 0 Å². The van der Waals surface area contributed by atoms with Crippen LogP contribution in [0.4, 0.5) is 5.13 Å². The highest BCUT2D eigenvalue weighted by Crippen LogP contribution is 2.34. The second kappa shape index (κ2) is 7.21. The van der Waals surface area contributed by atoms with Gasteiger partial charge in [0.25, 0.3) is 0 Å². The molecule has 0 radical (unpaired) electrons. The standard InChI is InChI=1S/C17H14ClN3O3S/c18-12-3-1-2-9(7-12)14-13(8-19)25-17(20-14)21-15(22)10-4-5-11(6-10)16(23)24/h1-3,7,10-11H,4-6H2,(H,23,24)(H,20,21,22)/t10-,11-/m0/s1. The van der Waals surface area contributed by atoms with E-state index < -0.39 is 11.9 Å². The van der Waals surface area contributed by atoms with Gasteiger partial charge in [0, 0.05) is 16.5 Å². The predicted molar refractivity (Wildman–Crippen MR) is 94.4 cm³/mol. The fourth-order valence-corrected chi connectivity index (χ4v) is 3.91. The van der Waals surface area contributed by atoms with Crippen molar-refractivity contribution in [2.24, 2.45) is 11.8 Å². The van der Waals surface area contributed by atoms with Crippen LogP contribution in [0.3, 0.4) is 0 Å². The number of carbonyl (C=O) groups is 2. The second-order valence-corrected chi connectivity index (χ2v) is 7.29.